The molecule has 0 atom stereocenters. The number of benzene rings is 1. The average molecular weight is 351 g/mol. The van der Waals surface area contributed by atoms with Crippen LogP contribution >= 0.6 is 23.1 Å². The molecule has 23 heavy (non-hydrogen) atoms. The fourth-order valence-corrected chi connectivity index (χ4v) is 3.00. The molecule has 6 nitrogen and oxygen atoms in total. The molecule has 2 N–H and O–H groups in total. The van der Waals surface area contributed by atoms with Crippen molar-refractivity contribution in [1.82, 2.24) is 4.98 Å². The van der Waals surface area contributed by atoms with Gasteiger partial charge in [0.05, 0.1) is 24.3 Å². The fraction of sp³-hybridized carbons (Fsp3) is 0.267. The van der Waals surface area contributed by atoms with Gasteiger partial charge in [-0.25, -0.2) is 4.98 Å². The number of methoxy groups -OCH3 is 1. The summed E-state index contributed by atoms with van der Waals surface area (Å²) < 4.78 is 5.05. The van der Waals surface area contributed by atoms with Crippen molar-refractivity contribution in [3.8, 4) is 5.75 Å². The van der Waals surface area contributed by atoms with Crippen molar-refractivity contribution >= 4 is 45.7 Å². The van der Waals surface area contributed by atoms with Gasteiger partial charge >= 0.3 is 0 Å². The highest BCUT2D eigenvalue weighted by Gasteiger charge is 2.08. The van der Waals surface area contributed by atoms with Crippen LogP contribution in [0.5, 0.6) is 5.75 Å². The maximum absolute atomic E-state index is 11.8. The van der Waals surface area contributed by atoms with Gasteiger partial charge in [-0.3, -0.25) is 9.59 Å². The van der Waals surface area contributed by atoms with E-state index in [4.69, 9.17) is 4.74 Å². The monoisotopic (exact) mass is 351 g/mol. The van der Waals surface area contributed by atoms with Gasteiger partial charge in [-0.15, -0.1) is 23.1 Å². The number of aromatic nitrogens is 1. The lowest BCUT2D eigenvalue weighted by atomic mass is 10.3. The molecule has 122 valence electrons. The molecular formula is C15H17N3O3S2. The smallest absolute Gasteiger partial charge is 0.236 e. The van der Waals surface area contributed by atoms with E-state index in [0.717, 1.165) is 11.4 Å². The molecule has 0 bridgehead atoms. The summed E-state index contributed by atoms with van der Waals surface area (Å²) in [6.07, 6.45) is 0. The van der Waals surface area contributed by atoms with Crippen molar-refractivity contribution in [2.45, 2.75) is 6.92 Å². The van der Waals surface area contributed by atoms with E-state index in [1.54, 1.807) is 31.4 Å². The van der Waals surface area contributed by atoms with Gasteiger partial charge in [0.2, 0.25) is 11.8 Å². The van der Waals surface area contributed by atoms with Crippen LogP contribution in [0, 0.1) is 6.92 Å². The normalized spacial score (nSPS) is 10.2. The molecule has 8 heteroatoms. The molecule has 1 aromatic carbocycles. The average Bonchev–Trinajstić information content (AvgIpc) is 2.93. The summed E-state index contributed by atoms with van der Waals surface area (Å²) in [7, 11) is 1.59. The molecule has 0 fully saturated rings. The number of thioether (sulfide) groups is 1. The molecule has 0 unspecified atom stereocenters. The molecule has 1 aromatic heterocycles. The summed E-state index contributed by atoms with van der Waals surface area (Å²) >= 11 is 2.63. The number of nitrogens with one attached hydrogen (secondary N) is 2. The Labute approximate surface area is 142 Å². The molecular weight excluding hydrogens is 334 g/mol. The van der Waals surface area contributed by atoms with E-state index in [2.05, 4.69) is 15.6 Å². The van der Waals surface area contributed by atoms with Crippen molar-refractivity contribution in [1.29, 1.82) is 0 Å². The Balaban J connectivity index is 1.68. The van der Waals surface area contributed by atoms with Gasteiger partial charge in [0.1, 0.15) is 5.75 Å². The van der Waals surface area contributed by atoms with Crippen molar-refractivity contribution in [3.05, 3.63) is 35.3 Å². The highest BCUT2D eigenvalue weighted by Crippen LogP contribution is 2.16. The standard InChI is InChI=1S/C15H17N3O3S2/c1-10-7-23-15(16-10)18-14(20)9-22-8-13(19)17-11-3-5-12(21-2)6-4-11/h3-7H,8-9H2,1-2H3,(H,17,19)(H,16,18,20). The maximum atomic E-state index is 11.8. The summed E-state index contributed by atoms with van der Waals surface area (Å²) in [5.74, 6) is 0.816. The topological polar surface area (TPSA) is 80.3 Å². The molecule has 2 rings (SSSR count). The van der Waals surface area contributed by atoms with E-state index in [0.29, 0.717) is 10.8 Å². The van der Waals surface area contributed by atoms with Crippen LogP contribution in [-0.4, -0.2) is 35.4 Å². The molecule has 0 radical (unpaired) electrons. The number of hydrogen-bond acceptors (Lipinski definition) is 6. The highest BCUT2D eigenvalue weighted by atomic mass is 32.2. The molecule has 0 saturated heterocycles. The summed E-state index contributed by atoms with van der Waals surface area (Å²) in [5, 5.41) is 7.91. The SMILES string of the molecule is COc1ccc(NC(=O)CSCC(=O)Nc2nc(C)cs2)cc1. The van der Waals surface area contributed by atoms with Crippen LogP contribution in [0.4, 0.5) is 10.8 Å². The minimum Gasteiger partial charge on any atom is -0.497 e. The Kier molecular flexibility index (Phi) is 6.42. The second-order valence-corrected chi connectivity index (χ2v) is 6.46. The van der Waals surface area contributed by atoms with Crippen LogP contribution in [0.15, 0.2) is 29.6 Å². The van der Waals surface area contributed by atoms with Gasteiger partial charge in [0.25, 0.3) is 0 Å². The Morgan fingerprint density at radius 2 is 1.83 bits per heavy atom. The first-order chi connectivity index (χ1) is 11.1. The van der Waals surface area contributed by atoms with E-state index in [1.165, 1.54) is 23.1 Å². The summed E-state index contributed by atoms with van der Waals surface area (Å²) in [4.78, 5) is 27.7. The van der Waals surface area contributed by atoms with Crippen LogP contribution in [0.1, 0.15) is 5.69 Å². The predicted molar refractivity (Wildman–Crippen MR) is 94.4 cm³/mol. The number of carbonyl (C=O) groups excluding carboxylic acids is 2. The number of hydrogen-bond donors (Lipinski definition) is 2. The van der Waals surface area contributed by atoms with Gasteiger partial charge in [0.15, 0.2) is 5.13 Å². The third-order valence-corrected chi connectivity index (χ3v) is 4.51. The van der Waals surface area contributed by atoms with E-state index in [-0.39, 0.29) is 23.3 Å². The van der Waals surface area contributed by atoms with E-state index in [1.807, 2.05) is 12.3 Å². The first kappa shape index (κ1) is 17.3. The largest absolute Gasteiger partial charge is 0.497 e. The third-order valence-electron chi connectivity index (χ3n) is 2.71. The molecule has 0 aliphatic rings. The number of nitrogens with zero attached hydrogens (tertiary/aromatic N) is 1. The lowest BCUT2D eigenvalue weighted by Crippen LogP contribution is -2.18. The number of anilines is 2. The molecule has 0 aliphatic heterocycles. The number of aryl methyl sites for hydroxylation is 1. The first-order valence-electron chi connectivity index (χ1n) is 6.80. The Hall–Kier alpha value is -2.06. The zero-order chi connectivity index (χ0) is 16.7. The van der Waals surface area contributed by atoms with Crippen LogP contribution < -0.4 is 15.4 Å². The minimum atomic E-state index is -0.165. The van der Waals surface area contributed by atoms with Gasteiger partial charge in [-0.05, 0) is 31.2 Å². The van der Waals surface area contributed by atoms with Crippen molar-refractivity contribution in [3.63, 3.8) is 0 Å². The lowest BCUT2D eigenvalue weighted by molar-refractivity contribution is -0.114. The third kappa shape index (κ3) is 5.91. The highest BCUT2D eigenvalue weighted by molar-refractivity contribution is 8.00. The number of thiazole rings is 1. The Morgan fingerprint density at radius 1 is 1.17 bits per heavy atom. The zero-order valence-corrected chi connectivity index (χ0v) is 14.4. The molecule has 2 amide bonds. The van der Waals surface area contributed by atoms with Gasteiger partial charge in [-0.1, -0.05) is 0 Å². The van der Waals surface area contributed by atoms with Gasteiger partial charge in [0, 0.05) is 11.1 Å². The molecule has 2 aromatic rings. The molecule has 0 spiro atoms. The summed E-state index contributed by atoms with van der Waals surface area (Å²) in [6.45, 7) is 1.87. The van der Waals surface area contributed by atoms with E-state index in [9.17, 15) is 9.59 Å². The van der Waals surface area contributed by atoms with Crippen molar-refractivity contribution in [2.24, 2.45) is 0 Å². The second kappa shape index (κ2) is 8.54. The molecule has 0 saturated carbocycles. The second-order valence-electron chi connectivity index (χ2n) is 4.61. The number of amides is 2. The first-order valence-corrected chi connectivity index (χ1v) is 8.84. The fourth-order valence-electron chi connectivity index (χ4n) is 1.67. The molecule has 0 aliphatic carbocycles. The Morgan fingerprint density at radius 3 is 2.39 bits per heavy atom. The van der Waals surface area contributed by atoms with Crippen LogP contribution in [0.2, 0.25) is 0 Å². The maximum Gasteiger partial charge on any atom is 0.236 e. The van der Waals surface area contributed by atoms with Crippen molar-refractivity contribution in [2.75, 3.05) is 29.2 Å². The summed E-state index contributed by atoms with van der Waals surface area (Å²) in [5.41, 5.74) is 1.57. The number of carbonyl (C=O) groups is 2. The number of ether oxygens (including phenoxy) is 1. The predicted octanol–water partition coefficient (Wildman–Crippen LogP) is 2.77. The van der Waals surface area contributed by atoms with Gasteiger partial charge in [-0.2, -0.15) is 0 Å². The lowest BCUT2D eigenvalue weighted by Gasteiger charge is -2.06. The quantitative estimate of drug-likeness (QED) is 0.802. The van der Waals surface area contributed by atoms with Crippen LogP contribution in [-0.2, 0) is 9.59 Å². The van der Waals surface area contributed by atoms with Crippen molar-refractivity contribution < 1.29 is 14.3 Å². The van der Waals surface area contributed by atoms with Gasteiger partial charge < -0.3 is 15.4 Å². The zero-order valence-electron chi connectivity index (χ0n) is 12.8. The van der Waals surface area contributed by atoms with E-state index < -0.39 is 0 Å². The van der Waals surface area contributed by atoms with E-state index >= 15 is 0 Å². The number of rotatable bonds is 7. The molecule has 1 heterocycles. The Bertz CT molecular complexity index is 671. The van der Waals surface area contributed by atoms with Crippen LogP contribution in [0.25, 0.3) is 0 Å². The minimum absolute atomic E-state index is 0.155. The summed E-state index contributed by atoms with van der Waals surface area (Å²) in [6, 6.07) is 7.07. The van der Waals surface area contributed by atoms with Crippen LogP contribution in [0.3, 0.4) is 0 Å².